The van der Waals surface area contributed by atoms with Crippen LogP contribution in [0.25, 0.3) is 0 Å². The van der Waals surface area contributed by atoms with Crippen LogP contribution < -0.4 is 10.1 Å². The van der Waals surface area contributed by atoms with Gasteiger partial charge in [0.05, 0.1) is 13.2 Å². The smallest absolute Gasteiger partial charge is 0.290 e. The Labute approximate surface area is 136 Å². The van der Waals surface area contributed by atoms with Gasteiger partial charge in [-0.25, -0.2) is 4.39 Å². The number of methoxy groups -OCH3 is 1. The SMILES string of the molecule is CCC(C(=O)NCc1ccc(OC)c(F)c1)N(C)CC.O=CO. The number of carbonyl (C=O) groups is 2. The summed E-state index contributed by atoms with van der Waals surface area (Å²) in [6, 6.07) is 4.53. The maximum absolute atomic E-state index is 13.5. The van der Waals surface area contributed by atoms with Gasteiger partial charge in [0.25, 0.3) is 6.47 Å². The minimum Gasteiger partial charge on any atom is -0.494 e. The zero-order valence-corrected chi connectivity index (χ0v) is 14.0. The third kappa shape index (κ3) is 7.10. The third-order valence-electron chi connectivity index (χ3n) is 3.40. The van der Waals surface area contributed by atoms with Crippen LogP contribution in [0.3, 0.4) is 0 Å². The maximum atomic E-state index is 13.5. The highest BCUT2D eigenvalue weighted by Gasteiger charge is 2.19. The van der Waals surface area contributed by atoms with E-state index in [0.717, 1.165) is 13.0 Å². The molecule has 0 aliphatic carbocycles. The average molecular weight is 328 g/mol. The van der Waals surface area contributed by atoms with Crippen LogP contribution >= 0.6 is 0 Å². The van der Waals surface area contributed by atoms with Crippen molar-refractivity contribution in [2.24, 2.45) is 0 Å². The number of carbonyl (C=O) groups excluding carboxylic acids is 1. The molecule has 0 spiro atoms. The van der Waals surface area contributed by atoms with Gasteiger partial charge in [-0.2, -0.15) is 0 Å². The average Bonchev–Trinajstić information content (AvgIpc) is 2.54. The maximum Gasteiger partial charge on any atom is 0.290 e. The van der Waals surface area contributed by atoms with Crippen molar-refractivity contribution < 1.29 is 23.8 Å². The van der Waals surface area contributed by atoms with E-state index in [1.807, 2.05) is 25.8 Å². The molecule has 1 unspecified atom stereocenters. The van der Waals surface area contributed by atoms with E-state index in [0.29, 0.717) is 12.1 Å². The van der Waals surface area contributed by atoms with E-state index in [9.17, 15) is 9.18 Å². The first-order valence-electron chi connectivity index (χ1n) is 7.33. The van der Waals surface area contributed by atoms with Crippen LogP contribution in [0.5, 0.6) is 5.75 Å². The molecule has 1 rings (SSSR count). The molecule has 2 N–H and O–H groups in total. The van der Waals surface area contributed by atoms with Gasteiger partial charge in [0.2, 0.25) is 5.91 Å². The molecule has 0 fully saturated rings. The molecule has 1 aromatic rings. The number of nitrogens with zero attached hydrogens (tertiary/aromatic N) is 1. The Balaban J connectivity index is 0.00000149. The topological polar surface area (TPSA) is 78.9 Å². The highest BCUT2D eigenvalue weighted by Crippen LogP contribution is 2.17. The van der Waals surface area contributed by atoms with Crippen LogP contribution in [-0.2, 0) is 16.1 Å². The molecule has 1 aromatic carbocycles. The van der Waals surface area contributed by atoms with Gasteiger partial charge in [0, 0.05) is 6.54 Å². The van der Waals surface area contributed by atoms with Crippen LogP contribution in [0.1, 0.15) is 25.8 Å². The summed E-state index contributed by atoms with van der Waals surface area (Å²) in [4.78, 5) is 22.4. The molecule has 0 heterocycles. The summed E-state index contributed by atoms with van der Waals surface area (Å²) in [7, 11) is 3.34. The summed E-state index contributed by atoms with van der Waals surface area (Å²) in [6.07, 6.45) is 0.743. The van der Waals surface area contributed by atoms with Gasteiger partial charge in [-0.3, -0.25) is 14.5 Å². The minimum absolute atomic E-state index is 0.0342. The molecule has 1 amide bonds. The number of hydrogen-bond acceptors (Lipinski definition) is 4. The monoisotopic (exact) mass is 328 g/mol. The molecule has 0 aromatic heterocycles. The molecule has 1 atom stereocenters. The predicted molar refractivity (Wildman–Crippen MR) is 85.9 cm³/mol. The molecule has 23 heavy (non-hydrogen) atoms. The summed E-state index contributed by atoms with van der Waals surface area (Å²) in [6.45, 7) is 4.86. The van der Waals surface area contributed by atoms with Gasteiger partial charge < -0.3 is 15.2 Å². The summed E-state index contributed by atoms with van der Waals surface area (Å²) in [5, 5.41) is 9.73. The van der Waals surface area contributed by atoms with Crippen molar-refractivity contribution in [1.82, 2.24) is 10.2 Å². The first kappa shape index (κ1) is 20.9. The van der Waals surface area contributed by atoms with E-state index in [1.54, 1.807) is 12.1 Å². The summed E-state index contributed by atoms with van der Waals surface area (Å²) >= 11 is 0. The Hall–Kier alpha value is -2.15. The highest BCUT2D eigenvalue weighted by molar-refractivity contribution is 5.81. The molecule has 0 aliphatic heterocycles. The second-order valence-electron chi connectivity index (χ2n) is 4.79. The number of halogens is 1. The standard InChI is InChI=1S/C15H23FN2O2.CH2O2/c1-5-13(18(3)6-2)15(19)17-10-11-7-8-14(20-4)12(16)9-11;2-1-3/h7-9,13H,5-6,10H2,1-4H3,(H,17,19);1H,(H,2,3). The van der Waals surface area contributed by atoms with E-state index >= 15 is 0 Å². The van der Waals surface area contributed by atoms with Crippen LogP contribution in [0.2, 0.25) is 0 Å². The summed E-state index contributed by atoms with van der Waals surface area (Å²) < 4.78 is 18.4. The summed E-state index contributed by atoms with van der Waals surface area (Å²) in [5.74, 6) is -0.248. The van der Waals surface area contributed by atoms with Crippen LogP contribution in [0.4, 0.5) is 4.39 Å². The number of hydrogen-bond donors (Lipinski definition) is 2. The van der Waals surface area contributed by atoms with Gasteiger partial charge in [0.15, 0.2) is 11.6 Å². The van der Waals surface area contributed by atoms with Gasteiger partial charge in [-0.05, 0) is 37.7 Å². The van der Waals surface area contributed by atoms with E-state index in [2.05, 4.69) is 5.32 Å². The van der Waals surface area contributed by atoms with Crippen molar-refractivity contribution in [3.63, 3.8) is 0 Å². The van der Waals surface area contributed by atoms with Gasteiger partial charge in [-0.15, -0.1) is 0 Å². The number of carboxylic acid groups (broad SMARTS) is 1. The normalized spacial score (nSPS) is 11.2. The second kappa shape index (κ2) is 11.4. The molecule has 0 saturated heterocycles. The Morgan fingerprint density at radius 1 is 1.48 bits per heavy atom. The zero-order valence-electron chi connectivity index (χ0n) is 14.0. The van der Waals surface area contributed by atoms with E-state index in [1.165, 1.54) is 13.2 Å². The Kier molecular flexibility index (Phi) is 10.4. The Morgan fingerprint density at radius 2 is 2.09 bits per heavy atom. The van der Waals surface area contributed by atoms with Gasteiger partial charge in [-0.1, -0.05) is 19.9 Å². The van der Waals surface area contributed by atoms with Crippen LogP contribution in [0.15, 0.2) is 18.2 Å². The zero-order chi connectivity index (χ0) is 17.8. The van der Waals surface area contributed by atoms with Crippen molar-refractivity contribution in [1.29, 1.82) is 0 Å². The van der Waals surface area contributed by atoms with Crippen molar-refractivity contribution in [2.45, 2.75) is 32.9 Å². The quantitative estimate of drug-likeness (QED) is 0.747. The first-order valence-corrected chi connectivity index (χ1v) is 7.33. The molecule has 130 valence electrons. The van der Waals surface area contributed by atoms with E-state index < -0.39 is 5.82 Å². The number of amides is 1. The molecule has 0 saturated carbocycles. The fourth-order valence-electron chi connectivity index (χ4n) is 2.04. The number of ether oxygens (including phenoxy) is 1. The number of likely N-dealkylation sites (N-methyl/N-ethyl adjacent to an activating group) is 1. The van der Waals surface area contributed by atoms with E-state index in [4.69, 9.17) is 14.6 Å². The van der Waals surface area contributed by atoms with Crippen molar-refractivity contribution in [2.75, 3.05) is 20.7 Å². The van der Waals surface area contributed by atoms with Crippen molar-refractivity contribution >= 4 is 12.4 Å². The minimum atomic E-state index is -0.419. The second-order valence-corrected chi connectivity index (χ2v) is 4.79. The Bertz CT molecular complexity index is 497. The number of rotatable bonds is 7. The number of nitrogens with one attached hydrogen (secondary N) is 1. The van der Waals surface area contributed by atoms with Gasteiger partial charge in [0.1, 0.15) is 0 Å². The molecule has 0 aliphatic rings. The lowest BCUT2D eigenvalue weighted by Crippen LogP contribution is -2.44. The molecule has 0 bridgehead atoms. The lowest BCUT2D eigenvalue weighted by Gasteiger charge is -2.24. The van der Waals surface area contributed by atoms with Gasteiger partial charge >= 0.3 is 0 Å². The third-order valence-corrected chi connectivity index (χ3v) is 3.40. The van der Waals surface area contributed by atoms with Crippen LogP contribution in [0, 0.1) is 5.82 Å². The Morgan fingerprint density at radius 3 is 2.52 bits per heavy atom. The van der Waals surface area contributed by atoms with Crippen molar-refractivity contribution in [3.05, 3.63) is 29.6 Å². The fraction of sp³-hybridized carbons (Fsp3) is 0.500. The summed E-state index contributed by atoms with van der Waals surface area (Å²) in [5.41, 5.74) is 0.714. The largest absolute Gasteiger partial charge is 0.494 e. The van der Waals surface area contributed by atoms with Crippen LogP contribution in [-0.4, -0.2) is 49.1 Å². The molecule has 0 radical (unpaired) electrons. The molecular formula is C16H25FN2O4. The first-order chi connectivity index (χ1) is 10.9. The lowest BCUT2D eigenvalue weighted by atomic mass is 10.1. The molecule has 6 nitrogen and oxygen atoms in total. The highest BCUT2D eigenvalue weighted by atomic mass is 19.1. The molecular weight excluding hydrogens is 303 g/mol. The lowest BCUT2D eigenvalue weighted by molar-refractivity contribution is -0.126. The predicted octanol–water partition coefficient (Wildman–Crippen LogP) is 1.88. The van der Waals surface area contributed by atoms with E-state index in [-0.39, 0.29) is 24.2 Å². The molecule has 7 heteroatoms. The van der Waals surface area contributed by atoms with Crippen molar-refractivity contribution in [3.8, 4) is 5.75 Å². The number of benzene rings is 1. The fourth-order valence-corrected chi connectivity index (χ4v) is 2.04.